The maximum atomic E-state index is 4.90. The van der Waals surface area contributed by atoms with E-state index in [9.17, 15) is 0 Å². The van der Waals surface area contributed by atoms with Crippen LogP contribution in [0.1, 0.15) is 1.43 Å². The molecule has 6 heteroatoms. The third-order valence-corrected chi connectivity index (χ3v) is 0.167. The van der Waals surface area contributed by atoms with Crippen molar-refractivity contribution in [3.05, 3.63) is 0 Å². The molecule has 0 aliphatic rings. The number of hydrogen-bond donors (Lipinski definition) is 2. The zero-order valence-electron chi connectivity index (χ0n) is 6.03. The van der Waals surface area contributed by atoms with E-state index in [-0.39, 0.29) is 93.5 Å². The van der Waals surface area contributed by atoms with Crippen molar-refractivity contribution in [3.63, 3.8) is 0 Å². The molecule has 0 fully saturated rings. The molecular formula is C2H9CaCl2N2Na. The summed E-state index contributed by atoms with van der Waals surface area (Å²) in [5.74, 6) is 0. The van der Waals surface area contributed by atoms with Gasteiger partial charge in [-0.05, 0) is 0 Å². The van der Waals surface area contributed by atoms with Crippen LogP contribution in [0.3, 0.4) is 0 Å². The van der Waals surface area contributed by atoms with Gasteiger partial charge in [-0.25, -0.2) is 0 Å². The predicted octanol–water partition coefficient (Wildman–Crippen LogP) is -10.4. The fourth-order valence-corrected chi connectivity index (χ4v) is 0. The van der Waals surface area contributed by atoms with E-state index in [0.717, 1.165) is 0 Å². The molecule has 0 saturated carbocycles. The van der Waals surface area contributed by atoms with Gasteiger partial charge in [-0.2, -0.15) is 0 Å². The first-order chi connectivity index (χ1) is 1.91. The van der Waals surface area contributed by atoms with Gasteiger partial charge in [-0.3, -0.25) is 0 Å². The average Bonchev–Trinajstić information content (AvgIpc) is 1.37. The fourth-order valence-electron chi connectivity index (χ4n) is 0. The Morgan fingerprint density at radius 3 is 1.12 bits per heavy atom. The molecule has 0 aliphatic carbocycles. The van der Waals surface area contributed by atoms with Crippen LogP contribution in [0.5, 0.6) is 0 Å². The van der Waals surface area contributed by atoms with Crippen LogP contribution in [0.15, 0.2) is 0 Å². The van der Waals surface area contributed by atoms with Gasteiger partial charge in [-0.15, -0.1) is 0 Å². The molecule has 8 heavy (non-hydrogen) atoms. The van der Waals surface area contributed by atoms with Gasteiger partial charge in [0.15, 0.2) is 0 Å². The summed E-state index contributed by atoms with van der Waals surface area (Å²) in [5, 5.41) is 0. The molecule has 44 valence electrons. The van der Waals surface area contributed by atoms with E-state index < -0.39 is 0 Å². The molecule has 0 aromatic rings. The second-order valence-corrected chi connectivity index (χ2v) is 0.577. The summed E-state index contributed by atoms with van der Waals surface area (Å²) in [4.78, 5) is 0. The molecule has 0 saturated heterocycles. The van der Waals surface area contributed by atoms with Gasteiger partial charge in [0.1, 0.15) is 0 Å². The molecular weight excluding hydrogens is 186 g/mol. The molecule has 0 unspecified atom stereocenters. The minimum absolute atomic E-state index is 0. The van der Waals surface area contributed by atoms with Crippen molar-refractivity contribution >= 4 is 37.7 Å². The van der Waals surface area contributed by atoms with Crippen LogP contribution in [-0.4, -0.2) is 50.8 Å². The molecule has 0 rings (SSSR count). The monoisotopic (exact) mass is 194 g/mol. The third kappa shape index (κ3) is 37.3. The maximum absolute atomic E-state index is 4.90. The Hall–Kier alpha value is 2.76. The van der Waals surface area contributed by atoms with Gasteiger partial charge in [0.25, 0.3) is 0 Å². The molecule has 0 atom stereocenters. The summed E-state index contributed by atoms with van der Waals surface area (Å²) in [7, 11) is 0. The molecule has 0 bridgehead atoms. The molecule has 0 aromatic carbocycles. The molecule has 4 N–H and O–H groups in total. The van der Waals surface area contributed by atoms with Crippen molar-refractivity contribution in [1.82, 2.24) is 0 Å². The van der Waals surface area contributed by atoms with Crippen LogP contribution in [0, 0.1) is 0 Å². The Morgan fingerprint density at radius 1 is 1.00 bits per heavy atom. The second kappa shape index (κ2) is 33.1. The Balaban J connectivity index is -0.00000000450. The minimum atomic E-state index is 0. The predicted molar refractivity (Wildman–Crippen MR) is 25.0 cm³/mol. The largest absolute Gasteiger partial charge is 2.00 e. The Morgan fingerprint density at radius 2 is 1.12 bits per heavy atom. The summed E-state index contributed by atoms with van der Waals surface area (Å²) >= 11 is 0. The topological polar surface area (TPSA) is 52.0 Å². The zero-order valence-corrected chi connectivity index (χ0v) is 10.8. The molecule has 0 amide bonds. The molecule has 2 nitrogen and oxygen atoms in total. The van der Waals surface area contributed by atoms with E-state index in [0.29, 0.717) is 13.1 Å². The van der Waals surface area contributed by atoms with E-state index in [2.05, 4.69) is 0 Å². The number of nitrogens with two attached hydrogens (primary N) is 2. The smallest absolute Gasteiger partial charge is 1.00 e. The minimum Gasteiger partial charge on any atom is -1.00 e. The number of rotatable bonds is 1. The van der Waals surface area contributed by atoms with E-state index >= 15 is 0 Å². The summed E-state index contributed by atoms with van der Waals surface area (Å²) in [6, 6.07) is 0. The van der Waals surface area contributed by atoms with Crippen molar-refractivity contribution < 1.29 is 55.8 Å². The maximum Gasteiger partial charge on any atom is 2.00 e. The normalized spacial score (nSPS) is 3.75. The van der Waals surface area contributed by atoms with E-state index in [4.69, 9.17) is 11.5 Å². The van der Waals surface area contributed by atoms with Crippen LogP contribution in [0.4, 0.5) is 0 Å². The van der Waals surface area contributed by atoms with E-state index in [1.54, 1.807) is 0 Å². The van der Waals surface area contributed by atoms with Crippen LogP contribution >= 0.6 is 0 Å². The third-order valence-electron chi connectivity index (χ3n) is 0.167. The first-order valence-corrected chi connectivity index (χ1v) is 1.32. The Bertz CT molecular complexity index is 24.5. The van der Waals surface area contributed by atoms with Crippen molar-refractivity contribution in [3.8, 4) is 0 Å². The van der Waals surface area contributed by atoms with Crippen molar-refractivity contribution in [2.75, 3.05) is 13.1 Å². The van der Waals surface area contributed by atoms with Gasteiger partial charge in [-0.1, -0.05) is 0 Å². The van der Waals surface area contributed by atoms with Gasteiger partial charge in [0, 0.05) is 13.1 Å². The fraction of sp³-hybridized carbons (Fsp3) is 1.00. The molecule has 0 aliphatic heterocycles. The van der Waals surface area contributed by atoms with Crippen molar-refractivity contribution in [2.24, 2.45) is 11.5 Å². The summed E-state index contributed by atoms with van der Waals surface area (Å²) in [6.07, 6.45) is 0. The summed E-state index contributed by atoms with van der Waals surface area (Å²) in [6.45, 7) is 1.19. The number of hydrogen-bond acceptors (Lipinski definition) is 2. The van der Waals surface area contributed by atoms with Crippen molar-refractivity contribution in [2.45, 2.75) is 0 Å². The quantitative estimate of drug-likeness (QED) is 0.408. The van der Waals surface area contributed by atoms with Crippen LogP contribution in [0.2, 0.25) is 0 Å². The van der Waals surface area contributed by atoms with Gasteiger partial charge >= 0.3 is 67.3 Å². The molecule has 0 spiro atoms. The first-order valence-electron chi connectivity index (χ1n) is 1.32. The van der Waals surface area contributed by atoms with Crippen LogP contribution in [-0.2, 0) is 0 Å². The van der Waals surface area contributed by atoms with Gasteiger partial charge < -0.3 is 37.7 Å². The summed E-state index contributed by atoms with van der Waals surface area (Å²) in [5.41, 5.74) is 9.81. The van der Waals surface area contributed by atoms with Crippen LogP contribution in [0.25, 0.3) is 0 Å². The number of halogens is 2. The second-order valence-electron chi connectivity index (χ2n) is 0.577. The molecule has 0 heterocycles. The van der Waals surface area contributed by atoms with E-state index in [1.807, 2.05) is 0 Å². The van der Waals surface area contributed by atoms with Crippen molar-refractivity contribution in [1.29, 1.82) is 0 Å². The van der Waals surface area contributed by atoms with Gasteiger partial charge in [0.05, 0.1) is 0 Å². The summed E-state index contributed by atoms with van der Waals surface area (Å²) < 4.78 is 0. The van der Waals surface area contributed by atoms with Gasteiger partial charge in [0.2, 0.25) is 0 Å². The average molecular weight is 195 g/mol. The first kappa shape index (κ1) is 30.9. The van der Waals surface area contributed by atoms with Crippen LogP contribution < -0.4 is 65.8 Å². The van der Waals surface area contributed by atoms with E-state index in [1.165, 1.54) is 0 Å². The molecule has 0 radical (unpaired) electrons. The standard InChI is InChI=1S/C2H8N2.Ca.2ClH.Na.H/c3-1-2-4;;;;;/h1-4H2;;2*1H;;/q;+2;;;+1;-1/p-2. The zero-order chi connectivity index (χ0) is 3.41. The molecule has 0 aromatic heterocycles. The Labute approximate surface area is 116 Å². The SMILES string of the molecule is NCCN.[Ca+2].[Cl-].[Cl-].[H-].[Na+]. The Kier molecular flexibility index (Phi) is 128.